The summed E-state index contributed by atoms with van der Waals surface area (Å²) in [5, 5.41) is 10.3. The molecule has 0 aliphatic heterocycles. The molecule has 106 valence electrons. The number of halogens is 2. The van der Waals surface area contributed by atoms with E-state index >= 15 is 0 Å². The summed E-state index contributed by atoms with van der Waals surface area (Å²) in [6.45, 7) is 2.17. The molecule has 1 N–H and O–H groups in total. The van der Waals surface area contributed by atoms with Gasteiger partial charge in [-0.25, -0.2) is 4.39 Å². The smallest absolute Gasteiger partial charge is 0.137 e. The Morgan fingerprint density at radius 1 is 1.10 bits per heavy atom. The Kier molecular flexibility index (Phi) is 5.32. The van der Waals surface area contributed by atoms with E-state index in [-0.39, 0.29) is 5.82 Å². The van der Waals surface area contributed by atoms with Crippen LogP contribution in [0.15, 0.2) is 46.9 Å². The minimum absolute atomic E-state index is 0.360. The van der Waals surface area contributed by atoms with Crippen molar-refractivity contribution < 1.29 is 9.50 Å². The van der Waals surface area contributed by atoms with Gasteiger partial charge in [-0.2, -0.15) is 0 Å². The molecule has 0 saturated carbocycles. The number of aliphatic hydroxyl groups excluding tert-OH is 1. The van der Waals surface area contributed by atoms with Gasteiger partial charge in [-0.3, -0.25) is 0 Å². The molecule has 2 rings (SSSR count). The lowest BCUT2D eigenvalue weighted by molar-refractivity contribution is 0.219. The highest BCUT2D eigenvalue weighted by atomic mass is 79.9. The van der Waals surface area contributed by atoms with Crippen molar-refractivity contribution >= 4 is 15.9 Å². The summed E-state index contributed by atoms with van der Waals surface area (Å²) in [5.74, 6) is -0.360. The standard InChI is InChI=1S/C17H18BrFO/c1-2-3-4-12-5-7-13(8-6-12)17(20)14-9-10-15(18)16(19)11-14/h5-11,17,20H,2-4H2,1H3. The summed E-state index contributed by atoms with van der Waals surface area (Å²) in [6.07, 6.45) is 2.60. The van der Waals surface area contributed by atoms with Crippen LogP contribution in [-0.4, -0.2) is 5.11 Å². The van der Waals surface area contributed by atoms with Crippen molar-refractivity contribution in [2.24, 2.45) is 0 Å². The molecule has 0 amide bonds. The summed E-state index contributed by atoms with van der Waals surface area (Å²) in [6, 6.07) is 12.6. The van der Waals surface area contributed by atoms with Gasteiger partial charge in [0.15, 0.2) is 0 Å². The molecule has 0 radical (unpaired) electrons. The van der Waals surface area contributed by atoms with E-state index in [1.807, 2.05) is 24.3 Å². The second-order valence-corrected chi connectivity index (χ2v) is 5.78. The highest BCUT2D eigenvalue weighted by Crippen LogP contribution is 2.25. The summed E-state index contributed by atoms with van der Waals surface area (Å²) in [4.78, 5) is 0. The van der Waals surface area contributed by atoms with Gasteiger partial charge < -0.3 is 5.11 Å². The molecule has 0 aromatic heterocycles. The van der Waals surface area contributed by atoms with Crippen molar-refractivity contribution in [2.45, 2.75) is 32.3 Å². The van der Waals surface area contributed by atoms with Gasteiger partial charge in [-0.05, 0) is 57.6 Å². The topological polar surface area (TPSA) is 20.2 Å². The highest BCUT2D eigenvalue weighted by Gasteiger charge is 2.12. The highest BCUT2D eigenvalue weighted by molar-refractivity contribution is 9.10. The molecule has 0 spiro atoms. The molecule has 20 heavy (non-hydrogen) atoms. The lowest BCUT2D eigenvalue weighted by Gasteiger charge is -2.12. The Labute approximate surface area is 127 Å². The molecule has 0 fully saturated rings. The second kappa shape index (κ2) is 7.00. The SMILES string of the molecule is CCCCc1ccc(C(O)c2ccc(Br)c(F)c2)cc1. The van der Waals surface area contributed by atoms with Crippen LogP contribution in [-0.2, 0) is 6.42 Å². The van der Waals surface area contributed by atoms with Crippen LogP contribution in [0, 0.1) is 5.82 Å². The van der Waals surface area contributed by atoms with Gasteiger partial charge in [-0.1, -0.05) is 43.7 Å². The molecule has 2 aromatic rings. The van der Waals surface area contributed by atoms with Crippen molar-refractivity contribution in [3.05, 3.63) is 69.4 Å². The van der Waals surface area contributed by atoms with E-state index in [1.54, 1.807) is 12.1 Å². The molecule has 0 heterocycles. The number of unbranched alkanes of at least 4 members (excludes halogenated alkanes) is 1. The Morgan fingerprint density at radius 2 is 1.75 bits per heavy atom. The zero-order valence-corrected chi connectivity index (χ0v) is 13.0. The van der Waals surface area contributed by atoms with Crippen LogP contribution in [0.3, 0.4) is 0 Å². The predicted molar refractivity (Wildman–Crippen MR) is 83.2 cm³/mol. The average molecular weight is 337 g/mol. The largest absolute Gasteiger partial charge is 0.384 e. The Balaban J connectivity index is 2.15. The Hall–Kier alpha value is -1.19. The van der Waals surface area contributed by atoms with E-state index in [1.165, 1.54) is 24.5 Å². The molecule has 1 atom stereocenters. The van der Waals surface area contributed by atoms with Crippen molar-refractivity contribution in [1.82, 2.24) is 0 Å². The third-order valence-electron chi connectivity index (χ3n) is 3.37. The first-order valence-corrected chi connectivity index (χ1v) is 7.63. The van der Waals surface area contributed by atoms with Gasteiger partial charge in [0.05, 0.1) is 4.47 Å². The minimum atomic E-state index is -0.794. The zero-order valence-electron chi connectivity index (χ0n) is 11.4. The maximum atomic E-state index is 13.5. The first kappa shape index (κ1) is 15.2. The molecule has 0 bridgehead atoms. The first-order chi connectivity index (χ1) is 9.61. The number of hydrogen-bond acceptors (Lipinski definition) is 1. The van der Waals surface area contributed by atoms with E-state index < -0.39 is 6.10 Å². The van der Waals surface area contributed by atoms with Crippen molar-refractivity contribution in [1.29, 1.82) is 0 Å². The number of hydrogen-bond donors (Lipinski definition) is 1. The van der Waals surface area contributed by atoms with Crippen LogP contribution in [0.1, 0.15) is 42.6 Å². The summed E-state index contributed by atoms with van der Waals surface area (Å²) < 4.78 is 13.9. The monoisotopic (exact) mass is 336 g/mol. The zero-order chi connectivity index (χ0) is 14.5. The fourth-order valence-corrected chi connectivity index (χ4v) is 2.37. The summed E-state index contributed by atoms with van der Waals surface area (Å²) in [7, 11) is 0. The third kappa shape index (κ3) is 3.68. The van der Waals surface area contributed by atoms with Crippen LogP contribution in [0.2, 0.25) is 0 Å². The average Bonchev–Trinajstić information content (AvgIpc) is 2.48. The maximum absolute atomic E-state index is 13.5. The van der Waals surface area contributed by atoms with Crippen LogP contribution < -0.4 is 0 Å². The number of benzene rings is 2. The normalized spacial score (nSPS) is 12.4. The van der Waals surface area contributed by atoms with Crippen LogP contribution in [0.5, 0.6) is 0 Å². The molecule has 1 nitrogen and oxygen atoms in total. The van der Waals surface area contributed by atoms with Gasteiger partial charge in [0, 0.05) is 0 Å². The van der Waals surface area contributed by atoms with Crippen molar-refractivity contribution in [2.75, 3.05) is 0 Å². The van der Waals surface area contributed by atoms with Gasteiger partial charge in [0.2, 0.25) is 0 Å². The first-order valence-electron chi connectivity index (χ1n) is 6.83. The van der Waals surface area contributed by atoms with Crippen LogP contribution in [0.25, 0.3) is 0 Å². The number of rotatable bonds is 5. The van der Waals surface area contributed by atoms with Crippen molar-refractivity contribution in [3.63, 3.8) is 0 Å². The Bertz CT molecular complexity index is 566. The molecule has 0 saturated heterocycles. The lowest BCUT2D eigenvalue weighted by atomic mass is 9.99. The molecule has 0 aliphatic carbocycles. The van der Waals surface area contributed by atoms with Gasteiger partial charge in [0.1, 0.15) is 11.9 Å². The van der Waals surface area contributed by atoms with Crippen LogP contribution >= 0.6 is 15.9 Å². The minimum Gasteiger partial charge on any atom is -0.384 e. The summed E-state index contributed by atoms with van der Waals surface area (Å²) in [5.41, 5.74) is 2.61. The predicted octanol–water partition coefficient (Wildman–Crippen LogP) is 5.01. The van der Waals surface area contributed by atoms with E-state index in [0.717, 1.165) is 12.0 Å². The molecule has 0 aliphatic rings. The molecular weight excluding hydrogens is 319 g/mol. The van der Waals surface area contributed by atoms with Gasteiger partial charge in [-0.15, -0.1) is 0 Å². The number of aryl methyl sites for hydroxylation is 1. The van der Waals surface area contributed by atoms with Gasteiger partial charge in [0.25, 0.3) is 0 Å². The second-order valence-electron chi connectivity index (χ2n) is 4.92. The Morgan fingerprint density at radius 3 is 2.35 bits per heavy atom. The third-order valence-corrected chi connectivity index (χ3v) is 4.02. The fraction of sp³-hybridized carbons (Fsp3) is 0.294. The maximum Gasteiger partial charge on any atom is 0.137 e. The quantitative estimate of drug-likeness (QED) is 0.813. The van der Waals surface area contributed by atoms with E-state index in [9.17, 15) is 9.50 Å². The van der Waals surface area contributed by atoms with E-state index in [0.29, 0.717) is 10.0 Å². The fourth-order valence-electron chi connectivity index (χ4n) is 2.12. The van der Waals surface area contributed by atoms with Gasteiger partial charge >= 0.3 is 0 Å². The molecular formula is C17H18BrFO. The van der Waals surface area contributed by atoms with Crippen molar-refractivity contribution in [3.8, 4) is 0 Å². The van der Waals surface area contributed by atoms with Crippen LogP contribution in [0.4, 0.5) is 4.39 Å². The number of aliphatic hydroxyl groups is 1. The molecule has 3 heteroatoms. The van der Waals surface area contributed by atoms with E-state index in [2.05, 4.69) is 22.9 Å². The molecule has 2 aromatic carbocycles. The van der Waals surface area contributed by atoms with E-state index in [4.69, 9.17) is 0 Å². The lowest BCUT2D eigenvalue weighted by Crippen LogP contribution is -2.00. The molecule has 1 unspecified atom stereocenters. The summed E-state index contributed by atoms with van der Waals surface area (Å²) >= 11 is 3.11.